The first kappa shape index (κ1) is 21.3. The molecule has 5 rings (SSSR count). The first-order valence-electron chi connectivity index (χ1n) is 10.9. The third-order valence-corrected chi connectivity index (χ3v) is 5.75. The normalized spacial score (nSPS) is 13.6. The fourth-order valence-electron chi connectivity index (χ4n) is 3.99. The van der Waals surface area contributed by atoms with Crippen LogP contribution < -0.4 is 10.5 Å². The SMILES string of the molecule is N#Cc1nc(-c2ccco2)oc1N1CCN(C(=O)c2cccn(Cc3ccccc3)c2=O)CC1. The fraction of sp³-hybridized carbons (Fsp3) is 0.200. The van der Waals surface area contributed by atoms with Gasteiger partial charge in [0.1, 0.15) is 11.6 Å². The monoisotopic (exact) mass is 455 g/mol. The van der Waals surface area contributed by atoms with Crippen LogP contribution in [0, 0.1) is 11.3 Å². The summed E-state index contributed by atoms with van der Waals surface area (Å²) in [7, 11) is 0. The molecule has 170 valence electrons. The Balaban J connectivity index is 1.29. The second kappa shape index (κ2) is 9.11. The smallest absolute Gasteiger partial charge is 0.266 e. The number of aromatic nitrogens is 2. The summed E-state index contributed by atoms with van der Waals surface area (Å²) in [5.74, 6) is 0.720. The topological polar surface area (TPSA) is 109 Å². The number of pyridine rings is 1. The minimum absolute atomic E-state index is 0.143. The number of furan rings is 1. The van der Waals surface area contributed by atoms with Crippen molar-refractivity contribution in [2.75, 3.05) is 31.1 Å². The number of carbonyl (C=O) groups excluding carboxylic acids is 1. The molecule has 0 N–H and O–H groups in total. The molecule has 1 saturated heterocycles. The van der Waals surface area contributed by atoms with Crippen LogP contribution in [0.25, 0.3) is 11.7 Å². The highest BCUT2D eigenvalue weighted by Gasteiger charge is 2.28. The summed E-state index contributed by atoms with van der Waals surface area (Å²) < 4.78 is 12.7. The van der Waals surface area contributed by atoms with Gasteiger partial charge in [-0.3, -0.25) is 9.59 Å². The van der Waals surface area contributed by atoms with Crippen molar-refractivity contribution in [3.8, 4) is 17.7 Å². The molecule has 0 radical (unpaired) electrons. The molecule has 0 atom stereocenters. The van der Waals surface area contributed by atoms with Crippen LogP contribution in [0.1, 0.15) is 21.6 Å². The van der Waals surface area contributed by atoms with Crippen LogP contribution in [0.3, 0.4) is 0 Å². The van der Waals surface area contributed by atoms with Crippen LogP contribution in [0.15, 0.2) is 80.7 Å². The van der Waals surface area contributed by atoms with E-state index >= 15 is 0 Å². The van der Waals surface area contributed by atoms with Crippen LogP contribution in [0.5, 0.6) is 0 Å². The Kier molecular flexibility index (Phi) is 5.70. The zero-order valence-electron chi connectivity index (χ0n) is 18.3. The second-order valence-corrected chi connectivity index (χ2v) is 7.88. The molecular formula is C25H21N5O4. The standard InChI is InChI=1S/C25H21N5O4/c26-16-20-25(34-22(27-20)21-9-5-15-33-21)29-13-11-28(12-14-29)23(31)19-8-4-10-30(24(19)32)17-18-6-2-1-3-7-18/h1-10,15H,11-14,17H2. The number of nitrogens with zero attached hydrogens (tertiary/aromatic N) is 5. The lowest BCUT2D eigenvalue weighted by molar-refractivity contribution is 0.0743. The van der Waals surface area contributed by atoms with E-state index in [-0.39, 0.29) is 28.6 Å². The number of hydrogen-bond donors (Lipinski definition) is 0. The summed E-state index contributed by atoms with van der Waals surface area (Å²) in [5, 5.41) is 9.48. The molecule has 0 spiro atoms. The van der Waals surface area contributed by atoms with Crippen molar-refractivity contribution in [3.05, 3.63) is 94.2 Å². The van der Waals surface area contributed by atoms with Crippen molar-refractivity contribution in [2.24, 2.45) is 0 Å². The van der Waals surface area contributed by atoms with E-state index in [1.54, 1.807) is 39.9 Å². The number of piperazine rings is 1. The Bertz CT molecular complexity index is 1390. The molecule has 0 aliphatic carbocycles. The molecule has 0 saturated carbocycles. The fourth-order valence-corrected chi connectivity index (χ4v) is 3.99. The van der Waals surface area contributed by atoms with Gasteiger partial charge in [-0.2, -0.15) is 10.2 Å². The van der Waals surface area contributed by atoms with Crippen LogP contribution in [0.2, 0.25) is 0 Å². The molecule has 9 nitrogen and oxygen atoms in total. The zero-order valence-corrected chi connectivity index (χ0v) is 18.3. The lowest BCUT2D eigenvalue weighted by atomic mass is 10.2. The van der Waals surface area contributed by atoms with E-state index in [9.17, 15) is 14.9 Å². The van der Waals surface area contributed by atoms with E-state index in [0.717, 1.165) is 5.56 Å². The summed E-state index contributed by atoms with van der Waals surface area (Å²) in [4.78, 5) is 33.9. The molecule has 1 aliphatic rings. The van der Waals surface area contributed by atoms with Gasteiger partial charge in [-0.05, 0) is 29.8 Å². The Morgan fingerprint density at radius 1 is 1.03 bits per heavy atom. The summed E-state index contributed by atoms with van der Waals surface area (Å²) in [6.45, 7) is 2.05. The molecule has 3 aromatic heterocycles. The van der Waals surface area contributed by atoms with Crippen molar-refractivity contribution in [3.63, 3.8) is 0 Å². The average molecular weight is 455 g/mol. The van der Waals surface area contributed by atoms with E-state index in [0.29, 0.717) is 44.4 Å². The number of oxazole rings is 1. The lowest BCUT2D eigenvalue weighted by Crippen LogP contribution is -2.50. The van der Waals surface area contributed by atoms with Gasteiger partial charge in [-0.15, -0.1) is 0 Å². The van der Waals surface area contributed by atoms with Gasteiger partial charge in [0.2, 0.25) is 11.6 Å². The predicted molar refractivity (Wildman–Crippen MR) is 123 cm³/mol. The second-order valence-electron chi connectivity index (χ2n) is 7.88. The highest BCUT2D eigenvalue weighted by molar-refractivity contribution is 5.94. The summed E-state index contributed by atoms with van der Waals surface area (Å²) >= 11 is 0. The van der Waals surface area contributed by atoms with Crippen molar-refractivity contribution in [1.29, 1.82) is 5.26 Å². The first-order chi connectivity index (χ1) is 16.6. The Morgan fingerprint density at radius 3 is 2.53 bits per heavy atom. The largest absolute Gasteiger partial charge is 0.459 e. The molecule has 0 unspecified atom stereocenters. The molecule has 1 fully saturated rings. The number of nitriles is 1. The summed E-state index contributed by atoms with van der Waals surface area (Å²) in [6.07, 6.45) is 3.20. The molecule has 1 aromatic carbocycles. The molecule has 4 aromatic rings. The lowest BCUT2D eigenvalue weighted by Gasteiger charge is -2.34. The van der Waals surface area contributed by atoms with Crippen molar-refractivity contribution in [1.82, 2.24) is 14.5 Å². The van der Waals surface area contributed by atoms with Crippen molar-refractivity contribution < 1.29 is 13.6 Å². The third kappa shape index (κ3) is 4.09. The van der Waals surface area contributed by atoms with Crippen molar-refractivity contribution >= 4 is 11.8 Å². The van der Waals surface area contributed by atoms with Crippen LogP contribution in [0.4, 0.5) is 5.88 Å². The van der Waals surface area contributed by atoms with Gasteiger partial charge >= 0.3 is 0 Å². The molecule has 9 heteroatoms. The van der Waals surface area contributed by atoms with Gasteiger partial charge < -0.3 is 23.2 Å². The number of hydrogen-bond acceptors (Lipinski definition) is 7. The van der Waals surface area contributed by atoms with Crippen LogP contribution in [-0.4, -0.2) is 46.5 Å². The molecule has 1 aliphatic heterocycles. The first-order valence-corrected chi connectivity index (χ1v) is 10.9. The van der Waals surface area contributed by atoms with Gasteiger partial charge in [0.05, 0.1) is 12.8 Å². The number of amides is 1. The number of rotatable bonds is 5. The van der Waals surface area contributed by atoms with E-state index < -0.39 is 0 Å². The van der Waals surface area contributed by atoms with Gasteiger partial charge in [-0.25, -0.2) is 0 Å². The molecule has 0 bridgehead atoms. The van der Waals surface area contributed by atoms with E-state index in [1.807, 2.05) is 35.2 Å². The molecule has 1 amide bonds. The zero-order chi connectivity index (χ0) is 23.5. The summed E-state index contributed by atoms with van der Waals surface area (Å²) in [5.41, 5.74) is 0.975. The van der Waals surface area contributed by atoms with Gasteiger partial charge in [0.15, 0.2) is 5.76 Å². The maximum atomic E-state index is 13.1. The van der Waals surface area contributed by atoms with E-state index in [4.69, 9.17) is 8.83 Å². The Labute approximate surface area is 195 Å². The Morgan fingerprint density at radius 2 is 1.82 bits per heavy atom. The number of carbonyl (C=O) groups is 1. The average Bonchev–Trinajstić information content (AvgIpc) is 3.56. The van der Waals surface area contributed by atoms with Crippen molar-refractivity contribution in [2.45, 2.75) is 6.54 Å². The minimum Gasteiger partial charge on any atom is -0.459 e. The number of benzene rings is 1. The Hall–Kier alpha value is -4.58. The molecule has 4 heterocycles. The van der Waals surface area contributed by atoms with E-state index in [1.165, 1.54) is 6.26 Å². The predicted octanol–water partition coefficient (Wildman–Crippen LogP) is 2.98. The van der Waals surface area contributed by atoms with Gasteiger partial charge in [0.25, 0.3) is 17.4 Å². The highest BCUT2D eigenvalue weighted by atomic mass is 16.4. The van der Waals surface area contributed by atoms with Gasteiger partial charge in [-0.1, -0.05) is 30.3 Å². The maximum Gasteiger partial charge on any atom is 0.266 e. The van der Waals surface area contributed by atoms with Crippen LogP contribution in [-0.2, 0) is 6.54 Å². The van der Waals surface area contributed by atoms with Crippen LogP contribution >= 0.6 is 0 Å². The molecular weight excluding hydrogens is 434 g/mol. The van der Waals surface area contributed by atoms with Gasteiger partial charge in [0, 0.05) is 32.4 Å². The number of anilines is 1. The maximum absolute atomic E-state index is 13.1. The quantitative estimate of drug-likeness (QED) is 0.455. The summed E-state index contributed by atoms with van der Waals surface area (Å²) in [6, 6.07) is 18.4. The molecule has 34 heavy (non-hydrogen) atoms. The minimum atomic E-state index is -0.316. The highest BCUT2D eigenvalue weighted by Crippen LogP contribution is 2.29. The van der Waals surface area contributed by atoms with E-state index in [2.05, 4.69) is 11.1 Å². The third-order valence-electron chi connectivity index (χ3n) is 5.75.